The van der Waals surface area contributed by atoms with Crippen LogP contribution in [0.1, 0.15) is 16.2 Å². The van der Waals surface area contributed by atoms with E-state index >= 15 is 0 Å². The highest BCUT2D eigenvalue weighted by atomic mass is 19.1. The van der Waals surface area contributed by atoms with Crippen molar-refractivity contribution in [1.82, 2.24) is 9.55 Å². The first-order valence-electron chi connectivity index (χ1n) is 4.94. The van der Waals surface area contributed by atoms with Crippen molar-refractivity contribution >= 4 is 5.78 Å². The van der Waals surface area contributed by atoms with E-state index in [4.69, 9.17) is 0 Å². The standard InChI is InChI=1S/C12H11FN2O/c1-9-14-6-7-15(9)8-12(16)10-4-2-3-5-11(10)13/h2-7H,8H2,1H3. The molecule has 1 heterocycles. The van der Waals surface area contributed by atoms with Crippen LogP contribution in [0.15, 0.2) is 36.7 Å². The Kier molecular flexibility index (Phi) is 2.81. The fourth-order valence-electron chi connectivity index (χ4n) is 1.50. The fourth-order valence-corrected chi connectivity index (χ4v) is 1.50. The van der Waals surface area contributed by atoms with Gasteiger partial charge in [-0.25, -0.2) is 9.37 Å². The fraction of sp³-hybridized carbons (Fsp3) is 0.167. The molecule has 16 heavy (non-hydrogen) atoms. The molecule has 0 fully saturated rings. The van der Waals surface area contributed by atoms with Crippen LogP contribution in [0.25, 0.3) is 0 Å². The van der Waals surface area contributed by atoms with Gasteiger partial charge in [-0.1, -0.05) is 12.1 Å². The topological polar surface area (TPSA) is 34.9 Å². The second kappa shape index (κ2) is 4.26. The Bertz CT molecular complexity index is 519. The lowest BCUT2D eigenvalue weighted by Crippen LogP contribution is -2.12. The van der Waals surface area contributed by atoms with E-state index in [-0.39, 0.29) is 17.9 Å². The molecule has 0 unspecified atom stereocenters. The molecule has 1 aromatic heterocycles. The zero-order valence-electron chi connectivity index (χ0n) is 8.85. The first-order chi connectivity index (χ1) is 7.68. The number of carbonyl (C=O) groups is 1. The summed E-state index contributed by atoms with van der Waals surface area (Å²) in [6, 6.07) is 5.99. The van der Waals surface area contributed by atoms with Crippen molar-refractivity contribution in [3.05, 3.63) is 53.9 Å². The Hall–Kier alpha value is -1.97. The molecule has 0 bridgehead atoms. The number of carbonyl (C=O) groups excluding carboxylic acids is 1. The molecule has 0 saturated heterocycles. The van der Waals surface area contributed by atoms with Gasteiger partial charge >= 0.3 is 0 Å². The third-order valence-corrected chi connectivity index (χ3v) is 2.41. The number of aryl methyl sites for hydroxylation is 1. The highest BCUT2D eigenvalue weighted by molar-refractivity contribution is 5.96. The maximum absolute atomic E-state index is 13.3. The molecule has 1 aromatic carbocycles. The molecule has 0 amide bonds. The van der Waals surface area contributed by atoms with Crippen molar-refractivity contribution in [2.45, 2.75) is 13.5 Å². The number of rotatable bonds is 3. The van der Waals surface area contributed by atoms with Crippen molar-refractivity contribution in [2.24, 2.45) is 0 Å². The largest absolute Gasteiger partial charge is 0.327 e. The number of benzene rings is 1. The summed E-state index contributed by atoms with van der Waals surface area (Å²) in [6.07, 6.45) is 3.32. The van der Waals surface area contributed by atoms with Gasteiger partial charge in [0, 0.05) is 12.4 Å². The van der Waals surface area contributed by atoms with Crippen LogP contribution in [0.4, 0.5) is 4.39 Å². The van der Waals surface area contributed by atoms with Gasteiger partial charge < -0.3 is 4.57 Å². The van der Waals surface area contributed by atoms with Gasteiger partial charge in [-0.2, -0.15) is 0 Å². The minimum Gasteiger partial charge on any atom is -0.327 e. The summed E-state index contributed by atoms with van der Waals surface area (Å²) >= 11 is 0. The number of halogens is 1. The molecule has 2 rings (SSSR count). The minimum atomic E-state index is -0.481. The molecule has 82 valence electrons. The Morgan fingerprint density at radius 3 is 2.81 bits per heavy atom. The maximum atomic E-state index is 13.3. The summed E-state index contributed by atoms with van der Waals surface area (Å²) in [6.45, 7) is 1.92. The van der Waals surface area contributed by atoms with E-state index in [9.17, 15) is 9.18 Å². The van der Waals surface area contributed by atoms with Crippen LogP contribution >= 0.6 is 0 Å². The first-order valence-corrected chi connectivity index (χ1v) is 4.94. The number of nitrogens with zero attached hydrogens (tertiary/aromatic N) is 2. The normalized spacial score (nSPS) is 10.4. The summed E-state index contributed by atoms with van der Waals surface area (Å²) in [4.78, 5) is 15.8. The number of imidazole rings is 1. The monoisotopic (exact) mass is 218 g/mol. The van der Waals surface area contributed by atoms with Gasteiger partial charge in [0.15, 0.2) is 5.78 Å². The Morgan fingerprint density at radius 1 is 1.44 bits per heavy atom. The molecule has 3 nitrogen and oxygen atoms in total. The second-order valence-corrected chi connectivity index (χ2v) is 3.51. The molecule has 0 aliphatic heterocycles. The van der Waals surface area contributed by atoms with Gasteiger partial charge in [-0.05, 0) is 19.1 Å². The minimum absolute atomic E-state index is 0.118. The summed E-state index contributed by atoms with van der Waals surface area (Å²) in [5.41, 5.74) is 0.121. The molecular weight excluding hydrogens is 207 g/mol. The SMILES string of the molecule is Cc1nccn1CC(=O)c1ccccc1F. The van der Waals surface area contributed by atoms with Crippen LogP contribution in [0, 0.1) is 12.7 Å². The smallest absolute Gasteiger partial charge is 0.185 e. The van der Waals surface area contributed by atoms with Crippen LogP contribution in [-0.2, 0) is 6.54 Å². The Balaban J connectivity index is 2.22. The molecule has 2 aromatic rings. The van der Waals surface area contributed by atoms with Gasteiger partial charge in [-0.15, -0.1) is 0 Å². The number of aromatic nitrogens is 2. The number of hydrogen-bond acceptors (Lipinski definition) is 2. The quantitative estimate of drug-likeness (QED) is 0.740. The van der Waals surface area contributed by atoms with E-state index in [1.165, 1.54) is 12.1 Å². The maximum Gasteiger partial charge on any atom is 0.185 e. The predicted octanol–water partition coefficient (Wildman–Crippen LogP) is 2.21. The van der Waals surface area contributed by atoms with E-state index in [0.717, 1.165) is 5.82 Å². The molecule has 0 aliphatic carbocycles. The van der Waals surface area contributed by atoms with Gasteiger partial charge in [0.25, 0.3) is 0 Å². The van der Waals surface area contributed by atoms with Crippen LogP contribution < -0.4 is 0 Å². The average Bonchev–Trinajstić information content (AvgIpc) is 2.65. The van der Waals surface area contributed by atoms with E-state index in [1.807, 2.05) is 0 Å². The summed E-state index contributed by atoms with van der Waals surface area (Å²) < 4.78 is 15.0. The molecule has 4 heteroatoms. The summed E-state index contributed by atoms with van der Waals surface area (Å²) in [7, 11) is 0. The summed E-state index contributed by atoms with van der Waals surface area (Å²) in [5, 5.41) is 0. The highest BCUT2D eigenvalue weighted by Gasteiger charge is 2.11. The van der Waals surface area contributed by atoms with Gasteiger partial charge in [0.1, 0.15) is 11.6 Å². The van der Waals surface area contributed by atoms with Crippen LogP contribution in [0.2, 0.25) is 0 Å². The van der Waals surface area contributed by atoms with E-state index < -0.39 is 5.82 Å². The number of hydrogen-bond donors (Lipinski definition) is 0. The van der Waals surface area contributed by atoms with Crippen molar-refractivity contribution in [3.63, 3.8) is 0 Å². The van der Waals surface area contributed by atoms with Crippen LogP contribution in [0.5, 0.6) is 0 Å². The molecule has 0 atom stereocenters. The molecule has 0 radical (unpaired) electrons. The molecule has 0 N–H and O–H groups in total. The number of ketones is 1. The van der Waals surface area contributed by atoms with E-state index in [0.29, 0.717) is 0 Å². The second-order valence-electron chi connectivity index (χ2n) is 3.51. The molecule has 0 aliphatic rings. The Labute approximate surface area is 92.5 Å². The van der Waals surface area contributed by atoms with Crippen molar-refractivity contribution in [2.75, 3.05) is 0 Å². The lowest BCUT2D eigenvalue weighted by Gasteiger charge is -2.04. The van der Waals surface area contributed by atoms with Crippen LogP contribution in [-0.4, -0.2) is 15.3 Å². The zero-order chi connectivity index (χ0) is 11.5. The lowest BCUT2D eigenvalue weighted by molar-refractivity contribution is 0.0967. The first kappa shape index (κ1) is 10.5. The molecular formula is C12H11FN2O. The van der Waals surface area contributed by atoms with Crippen molar-refractivity contribution in [3.8, 4) is 0 Å². The van der Waals surface area contributed by atoms with Gasteiger partial charge in [-0.3, -0.25) is 4.79 Å². The lowest BCUT2D eigenvalue weighted by atomic mass is 10.1. The van der Waals surface area contributed by atoms with Crippen molar-refractivity contribution < 1.29 is 9.18 Å². The molecule has 0 saturated carbocycles. The zero-order valence-corrected chi connectivity index (χ0v) is 8.85. The van der Waals surface area contributed by atoms with E-state index in [1.54, 1.807) is 36.0 Å². The van der Waals surface area contributed by atoms with E-state index in [2.05, 4.69) is 4.98 Å². The van der Waals surface area contributed by atoms with Gasteiger partial charge in [0.2, 0.25) is 0 Å². The summed E-state index contributed by atoms with van der Waals surface area (Å²) in [5.74, 6) is 0.00848. The van der Waals surface area contributed by atoms with Crippen LogP contribution in [0.3, 0.4) is 0 Å². The predicted molar refractivity (Wildman–Crippen MR) is 57.7 cm³/mol. The number of Topliss-reactive ketones (excluding diaryl/α,β-unsaturated/α-hetero) is 1. The highest BCUT2D eigenvalue weighted by Crippen LogP contribution is 2.09. The molecule has 0 spiro atoms. The van der Waals surface area contributed by atoms with Crippen molar-refractivity contribution in [1.29, 1.82) is 0 Å². The average molecular weight is 218 g/mol. The Morgan fingerprint density at radius 2 is 2.19 bits per heavy atom. The van der Waals surface area contributed by atoms with Gasteiger partial charge in [0.05, 0.1) is 12.1 Å². The third-order valence-electron chi connectivity index (χ3n) is 2.41. The third kappa shape index (κ3) is 2.00.